The Morgan fingerprint density at radius 1 is 0.679 bits per heavy atom. The third-order valence-electron chi connectivity index (χ3n) is 3.68. The molecule has 0 saturated heterocycles. The molecule has 0 aromatic heterocycles. The van der Waals surface area contributed by atoms with Gasteiger partial charge in [-0.3, -0.25) is 10.6 Å². The minimum atomic E-state index is -0.539. The molecule has 8 nitrogen and oxygen atoms in total. The van der Waals surface area contributed by atoms with Crippen LogP contribution in [0.25, 0.3) is 0 Å². The van der Waals surface area contributed by atoms with E-state index in [1.807, 2.05) is 0 Å². The molecule has 0 atom stereocenters. The molecular weight excluding hydrogens is 364 g/mol. The summed E-state index contributed by atoms with van der Waals surface area (Å²) in [7, 11) is 3.15. The largest absolute Gasteiger partial charge is 0.497 e. The number of carbonyl (C=O) groups excluding carboxylic acids is 2. The number of rotatable bonds is 9. The fraction of sp³-hybridized carbons (Fsp3) is 0.300. The van der Waals surface area contributed by atoms with Gasteiger partial charge in [-0.05, 0) is 61.4 Å². The third-order valence-corrected chi connectivity index (χ3v) is 3.68. The molecular formula is C20H24N2O6. The van der Waals surface area contributed by atoms with Gasteiger partial charge >= 0.3 is 12.2 Å². The van der Waals surface area contributed by atoms with E-state index >= 15 is 0 Å². The van der Waals surface area contributed by atoms with Crippen molar-refractivity contribution in [2.24, 2.45) is 0 Å². The minimum absolute atomic E-state index is 0.228. The molecule has 2 amide bonds. The van der Waals surface area contributed by atoms with Crippen molar-refractivity contribution in [2.75, 3.05) is 38.1 Å². The third kappa shape index (κ3) is 7.45. The summed E-state index contributed by atoms with van der Waals surface area (Å²) >= 11 is 0. The molecule has 0 fully saturated rings. The van der Waals surface area contributed by atoms with Crippen molar-refractivity contribution in [1.29, 1.82) is 0 Å². The average molecular weight is 388 g/mol. The number of anilines is 2. The van der Waals surface area contributed by atoms with Crippen LogP contribution in [0.2, 0.25) is 0 Å². The van der Waals surface area contributed by atoms with Crippen LogP contribution >= 0.6 is 0 Å². The van der Waals surface area contributed by atoms with E-state index in [2.05, 4.69) is 10.6 Å². The van der Waals surface area contributed by atoms with Crippen LogP contribution in [0.3, 0.4) is 0 Å². The topological polar surface area (TPSA) is 95.1 Å². The summed E-state index contributed by atoms with van der Waals surface area (Å²) in [6.45, 7) is 0.455. The Balaban J connectivity index is 1.54. The number of hydrogen-bond donors (Lipinski definition) is 2. The first-order chi connectivity index (χ1) is 13.6. The van der Waals surface area contributed by atoms with Gasteiger partial charge in [0.2, 0.25) is 0 Å². The van der Waals surface area contributed by atoms with Gasteiger partial charge in [0.1, 0.15) is 11.5 Å². The molecule has 2 rings (SSSR count). The van der Waals surface area contributed by atoms with Crippen molar-refractivity contribution in [1.82, 2.24) is 0 Å². The van der Waals surface area contributed by atoms with Crippen LogP contribution in [0.1, 0.15) is 12.8 Å². The molecule has 2 aromatic carbocycles. The summed E-state index contributed by atoms with van der Waals surface area (Å²) in [6.07, 6.45) is 0.0733. The molecule has 0 heterocycles. The number of ether oxygens (including phenoxy) is 4. The van der Waals surface area contributed by atoms with Gasteiger partial charge < -0.3 is 18.9 Å². The van der Waals surface area contributed by atoms with Gasteiger partial charge in [-0.25, -0.2) is 9.59 Å². The molecule has 0 aliphatic rings. The standard InChI is InChI=1S/C20H24N2O6/c1-25-17-9-5-15(6-10-17)21-19(23)27-13-3-4-14-28-20(24)22-16-7-11-18(26-2)12-8-16/h5-12H,3-4,13-14H2,1-2H3,(H,21,23)(H,22,24). The maximum Gasteiger partial charge on any atom is 0.411 e. The predicted octanol–water partition coefficient (Wildman–Crippen LogP) is 4.28. The first kappa shape index (κ1) is 20.9. The van der Waals surface area contributed by atoms with Crippen LogP contribution in [0.4, 0.5) is 21.0 Å². The number of amides is 2. The number of unbranched alkanes of at least 4 members (excludes halogenated alkanes) is 1. The zero-order valence-corrected chi connectivity index (χ0v) is 15.9. The SMILES string of the molecule is COc1ccc(NC(=O)OCCCCOC(=O)Nc2ccc(OC)cc2)cc1. The summed E-state index contributed by atoms with van der Waals surface area (Å²) in [5, 5.41) is 5.23. The Bertz CT molecular complexity index is 681. The van der Waals surface area contributed by atoms with Crippen molar-refractivity contribution in [3.63, 3.8) is 0 Å². The fourth-order valence-corrected chi connectivity index (χ4v) is 2.19. The summed E-state index contributed by atoms with van der Waals surface area (Å²) in [6, 6.07) is 13.8. The van der Waals surface area contributed by atoms with Gasteiger partial charge in [0.05, 0.1) is 27.4 Å². The van der Waals surface area contributed by atoms with Gasteiger partial charge in [0.25, 0.3) is 0 Å². The zero-order chi connectivity index (χ0) is 20.2. The minimum Gasteiger partial charge on any atom is -0.497 e. The number of benzene rings is 2. The van der Waals surface area contributed by atoms with Gasteiger partial charge in [0, 0.05) is 11.4 Å². The first-order valence-corrected chi connectivity index (χ1v) is 8.76. The average Bonchev–Trinajstić information content (AvgIpc) is 2.71. The summed E-state index contributed by atoms with van der Waals surface area (Å²) < 4.78 is 20.2. The van der Waals surface area contributed by atoms with Crippen molar-refractivity contribution in [3.05, 3.63) is 48.5 Å². The number of carbonyl (C=O) groups is 2. The van der Waals surface area contributed by atoms with Gasteiger partial charge in [0.15, 0.2) is 0 Å². The van der Waals surface area contributed by atoms with E-state index in [1.165, 1.54) is 0 Å². The molecule has 0 spiro atoms. The highest BCUT2D eigenvalue weighted by molar-refractivity contribution is 5.85. The van der Waals surface area contributed by atoms with Crippen molar-refractivity contribution in [2.45, 2.75) is 12.8 Å². The molecule has 28 heavy (non-hydrogen) atoms. The van der Waals surface area contributed by atoms with Crippen LogP contribution in [-0.2, 0) is 9.47 Å². The van der Waals surface area contributed by atoms with Gasteiger partial charge in [-0.15, -0.1) is 0 Å². The second-order valence-corrected chi connectivity index (χ2v) is 5.69. The highest BCUT2D eigenvalue weighted by Crippen LogP contribution is 2.16. The summed E-state index contributed by atoms with van der Waals surface area (Å²) in [5.74, 6) is 1.41. The Labute approximate surface area is 163 Å². The van der Waals surface area contributed by atoms with Crippen LogP contribution < -0.4 is 20.1 Å². The lowest BCUT2D eigenvalue weighted by atomic mass is 10.3. The molecule has 150 valence electrons. The van der Waals surface area contributed by atoms with Crippen molar-refractivity contribution >= 4 is 23.6 Å². The Morgan fingerprint density at radius 2 is 1.04 bits per heavy atom. The van der Waals surface area contributed by atoms with Crippen molar-refractivity contribution < 1.29 is 28.5 Å². The number of hydrogen-bond acceptors (Lipinski definition) is 6. The molecule has 0 aliphatic carbocycles. The lowest BCUT2D eigenvalue weighted by Crippen LogP contribution is -2.16. The molecule has 0 bridgehead atoms. The van der Waals surface area contributed by atoms with Crippen LogP contribution in [0.5, 0.6) is 11.5 Å². The van der Waals surface area contributed by atoms with Crippen LogP contribution in [0.15, 0.2) is 48.5 Å². The second-order valence-electron chi connectivity index (χ2n) is 5.69. The number of nitrogens with one attached hydrogen (secondary N) is 2. The second kappa shape index (κ2) is 11.3. The monoisotopic (exact) mass is 388 g/mol. The van der Waals surface area contributed by atoms with E-state index in [1.54, 1.807) is 62.8 Å². The number of methoxy groups -OCH3 is 2. The normalized spacial score (nSPS) is 9.93. The van der Waals surface area contributed by atoms with Crippen LogP contribution in [-0.4, -0.2) is 39.6 Å². The molecule has 0 saturated carbocycles. The maximum atomic E-state index is 11.7. The molecule has 0 radical (unpaired) electrons. The Kier molecular flexibility index (Phi) is 8.45. The Hall–Kier alpha value is -3.42. The highest BCUT2D eigenvalue weighted by Gasteiger charge is 2.05. The lowest BCUT2D eigenvalue weighted by molar-refractivity contribution is 0.143. The van der Waals surface area contributed by atoms with E-state index in [0.717, 1.165) is 0 Å². The molecule has 2 aromatic rings. The highest BCUT2D eigenvalue weighted by atomic mass is 16.6. The zero-order valence-electron chi connectivity index (χ0n) is 15.9. The van der Waals surface area contributed by atoms with E-state index in [-0.39, 0.29) is 13.2 Å². The molecule has 0 aliphatic heterocycles. The molecule has 0 unspecified atom stereocenters. The predicted molar refractivity (Wildman–Crippen MR) is 105 cm³/mol. The smallest absolute Gasteiger partial charge is 0.411 e. The van der Waals surface area contributed by atoms with E-state index in [0.29, 0.717) is 35.7 Å². The Morgan fingerprint density at radius 3 is 1.36 bits per heavy atom. The summed E-state index contributed by atoms with van der Waals surface area (Å²) in [4.78, 5) is 23.4. The van der Waals surface area contributed by atoms with Gasteiger partial charge in [-0.1, -0.05) is 0 Å². The maximum absolute atomic E-state index is 11.7. The van der Waals surface area contributed by atoms with Crippen molar-refractivity contribution in [3.8, 4) is 11.5 Å². The quantitative estimate of drug-likeness (QED) is 0.623. The van der Waals surface area contributed by atoms with E-state index < -0.39 is 12.2 Å². The summed E-state index contributed by atoms with van der Waals surface area (Å²) in [5.41, 5.74) is 1.23. The first-order valence-electron chi connectivity index (χ1n) is 8.76. The fourth-order valence-electron chi connectivity index (χ4n) is 2.19. The van der Waals surface area contributed by atoms with E-state index in [4.69, 9.17) is 18.9 Å². The lowest BCUT2D eigenvalue weighted by Gasteiger charge is -2.09. The van der Waals surface area contributed by atoms with Gasteiger partial charge in [-0.2, -0.15) is 0 Å². The molecule has 8 heteroatoms. The molecule has 2 N–H and O–H groups in total. The van der Waals surface area contributed by atoms with E-state index in [9.17, 15) is 9.59 Å². The van der Waals surface area contributed by atoms with Crippen LogP contribution in [0, 0.1) is 0 Å².